The zero-order valence-corrected chi connectivity index (χ0v) is 21.9. The SMILES string of the molecule is CC(Oc1cc(-c2ccc(OCC(=O)N3CCN(C(=O)O)CC3)cc2)cnc1N)c1c(Cl)ccc(F)c1Cl. The second kappa shape index (κ2) is 11.7. The number of piperazine rings is 1. The summed E-state index contributed by atoms with van der Waals surface area (Å²) in [4.78, 5) is 30.5. The second-order valence-corrected chi connectivity index (χ2v) is 9.37. The lowest BCUT2D eigenvalue weighted by Crippen LogP contribution is -2.51. The van der Waals surface area contributed by atoms with Gasteiger partial charge in [-0.05, 0) is 42.8 Å². The molecule has 2 amide bonds. The van der Waals surface area contributed by atoms with Gasteiger partial charge in [0.05, 0.1) is 5.02 Å². The van der Waals surface area contributed by atoms with Crippen LogP contribution in [-0.2, 0) is 4.79 Å². The minimum absolute atomic E-state index is 0.121. The third kappa shape index (κ3) is 6.20. The molecule has 2 aromatic carbocycles. The van der Waals surface area contributed by atoms with Gasteiger partial charge in [-0.15, -0.1) is 0 Å². The molecule has 1 aromatic heterocycles. The molecule has 9 nitrogen and oxygen atoms in total. The van der Waals surface area contributed by atoms with Crippen molar-refractivity contribution in [2.75, 3.05) is 38.5 Å². The molecule has 3 N–H and O–H groups in total. The molecule has 1 aliphatic heterocycles. The van der Waals surface area contributed by atoms with Gasteiger partial charge in [0.15, 0.2) is 18.2 Å². The smallest absolute Gasteiger partial charge is 0.407 e. The number of nitrogens with two attached hydrogens (primary N) is 1. The van der Waals surface area contributed by atoms with Crippen LogP contribution in [0.5, 0.6) is 11.5 Å². The fourth-order valence-electron chi connectivity index (χ4n) is 4.00. The number of amides is 2. The van der Waals surface area contributed by atoms with E-state index in [0.29, 0.717) is 30.0 Å². The molecule has 2 heterocycles. The van der Waals surface area contributed by atoms with Gasteiger partial charge in [-0.25, -0.2) is 14.2 Å². The van der Waals surface area contributed by atoms with Crippen LogP contribution in [0, 0.1) is 5.82 Å². The van der Waals surface area contributed by atoms with E-state index in [1.807, 2.05) is 0 Å². The van der Waals surface area contributed by atoms with E-state index in [-0.39, 0.29) is 47.2 Å². The van der Waals surface area contributed by atoms with E-state index in [9.17, 15) is 14.0 Å². The summed E-state index contributed by atoms with van der Waals surface area (Å²) in [7, 11) is 0. The number of hydrogen-bond acceptors (Lipinski definition) is 6. The number of carboxylic acid groups (broad SMARTS) is 1. The molecule has 38 heavy (non-hydrogen) atoms. The topological polar surface area (TPSA) is 118 Å². The van der Waals surface area contributed by atoms with E-state index < -0.39 is 18.0 Å². The minimum atomic E-state index is -0.988. The Morgan fingerprint density at radius 2 is 1.74 bits per heavy atom. The molecule has 0 saturated carbocycles. The summed E-state index contributed by atoms with van der Waals surface area (Å²) in [5.74, 6) is 0.102. The molecule has 1 fully saturated rings. The average molecular weight is 563 g/mol. The number of rotatable bonds is 7. The maximum absolute atomic E-state index is 14.0. The zero-order chi connectivity index (χ0) is 27.4. The van der Waals surface area contributed by atoms with Crippen molar-refractivity contribution in [2.24, 2.45) is 0 Å². The van der Waals surface area contributed by atoms with Crippen LogP contribution in [-0.4, -0.2) is 64.7 Å². The van der Waals surface area contributed by atoms with Gasteiger partial charge in [0.1, 0.15) is 17.7 Å². The number of nitrogen functional groups attached to an aromatic ring is 1. The highest BCUT2D eigenvalue weighted by atomic mass is 35.5. The third-order valence-electron chi connectivity index (χ3n) is 6.12. The molecule has 12 heteroatoms. The number of carbonyl (C=O) groups is 2. The Balaban J connectivity index is 1.39. The molecule has 0 aliphatic carbocycles. The minimum Gasteiger partial charge on any atom is -0.484 e. The summed E-state index contributed by atoms with van der Waals surface area (Å²) >= 11 is 12.3. The summed E-state index contributed by atoms with van der Waals surface area (Å²) in [6, 6.07) is 11.3. The molecule has 1 aliphatic rings. The lowest BCUT2D eigenvalue weighted by molar-refractivity contribution is -0.134. The summed E-state index contributed by atoms with van der Waals surface area (Å²) in [6.07, 6.45) is -0.102. The van der Waals surface area contributed by atoms with Crippen molar-refractivity contribution in [3.63, 3.8) is 0 Å². The van der Waals surface area contributed by atoms with Crippen LogP contribution in [0.3, 0.4) is 0 Å². The van der Waals surface area contributed by atoms with Gasteiger partial charge in [-0.3, -0.25) is 4.79 Å². The fraction of sp³-hybridized carbons (Fsp3) is 0.269. The maximum Gasteiger partial charge on any atom is 0.407 e. The summed E-state index contributed by atoms with van der Waals surface area (Å²) in [5.41, 5.74) is 7.81. The van der Waals surface area contributed by atoms with Gasteiger partial charge >= 0.3 is 6.09 Å². The molecular formula is C26H25Cl2FN4O5. The van der Waals surface area contributed by atoms with Crippen LogP contribution in [0.25, 0.3) is 11.1 Å². The normalized spacial score (nSPS) is 14.2. The highest BCUT2D eigenvalue weighted by Crippen LogP contribution is 2.37. The molecule has 1 unspecified atom stereocenters. The standard InChI is InChI=1S/C26H25Cl2FN4O5/c1-15(23-19(27)6-7-20(29)24(23)28)38-21-12-17(13-31-25(21)30)16-2-4-18(5-3-16)37-14-22(34)32-8-10-33(11-9-32)26(35)36/h2-7,12-13,15H,8-11,14H2,1H3,(H2,30,31)(H,35,36). The first kappa shape index (κ1) is 27.3. The maximum atomic E-state index is 14.0. The van der Waals surface area contributed by atoms with E-state index >= 15 is 0 Å². The average Bonchev–Trinajstić information content (AvgIpc) is 2.91. The predicted molar refractivity (Wildman–Crippen MR) is 141 cm³/mol. The molecule has 0 spiro atoms. The number of ether oxygens (including phenoxy) is 2. The third-order valence-corrected chi connectivity index (χ3v) is 6.84. The number of aromatic nitrogens is 1. The van der Waals surface area contributed by atoms with Crippen molar-refractivity contribution in [2.45, 2.75) is 13.0 Å². The molecular weight excluding hydrogens is 538 g/mol. The number of carbonyl (C=O) groups excluding carboxylic acids is 1. The van der Waals surface area contributed by atoms with Crippen molar-refractivity contribution in [3.8, 4) is 22.6 Å². The highest BCUT2D eigenvalue weighted by molar-refractivity contribution is 6.36. The van der Waals surface area contributed by atoms with Gasteiger partial charge < -0.3 is 30.1 Å². The predicted octanol–water partition coefficient (Wildman–Crippen LogP) is 5.12. The van der Waals surface area contributed by atoms with Gasteiger partial charge in [-0.1, -0.05) is 35.3 Å². The van der Waals surface area contributed by atoms with Gasteiger partial charge in [0.25, 0.3) is 5.91 Å². The quantitative estimate of drug-likeness (QED) is 0.383. The number of anilines is 1. The second-order valence-electron chi connectivity index (χ2n) is 8.59. The van der Waals surface area contributed by atoms with Crippen LogP contribution >= 0.6 is 23.2 Å². The first-order chi connectivity index (χ1) is 18.1. The first-order valence-corrected chi connectivity index (χ1v) is 12.4. The van der Waals surface area contributed by atoms with Gasteiger partial charge in [0.2, 0.25) is 0 Å². The number of halogens is 3. The van der Waals surface area contributed by atoms with Gasteiger partial charge in [0, 0.05) is 48.5 Å². The van der Waals surface area contributed by atoms with Crippen molar-refractivity contribution in [1.82, 2.24) is 14.8 Å². The number of nitrogens with zero attached hydrogens (tertiary/aromatic N) is 3. The molecule has 1 saturated heterocycles. The van der Waals surface area contributed by atoms with Crippen molar-refractivity contribution in [3.05, 3.63) is 70.1 Å². The zero-order valence-electron chi connectivity index (χ0n) is 20.4. The molecule has 4 rings (SSSR count). The largest absolute Gasteiger partial charge is 0.484 e. The Labute approximate surface area is 228 Å². The first-order valence-electron chi connectivity index (χ1n) is 11.7. The number of hydrogen-bond donors (Lipinski definition) is 2. The van der Waals surface area contributed by atoms with Crippen LogP contribution < -0.4 is 15.2 Å². The molecule has 0 radical (unpaired) electrons. The molecule has 1 atom stereocenters. The molecule has 3 aromatic rings. The van der Waals surface area contributed by atoms with Crippen molar-refractivity contribution in [1.29, 1.82) is 0 Å². The Kier molecular flexibility index (Phi) is 8.43. The van der Waals surface area contributed by atoms with E-state index in [0.717, 1.165) is 5.56 Å². The Morgan fingerprint density at radius 1 is 1.08 bits per heavy atom. The summed E-state index contributed by atoms with van der Waals surface area (Å²) in [6.45, 7) is 2.74. The van der Waals surface area contributed by atoms with E-state index in [1.165, 1.54) is 17.0 Å². The van der Waals surface area contributed by atoms with Crippen LogP contribution in [0.15, 0.2) is 48.7 Å². The van der Waals surface area contributed by atoms with Crippen LogP contribution in [0.2, 0.25) is 10.0 Å². The number of benzene rings is 2. The Morgan fingerprint density at radius 3 is 2.39 bits per heavy atom. The van der Waals surface area contributed by atoms with Crippen LogP contribution in [0.1, 0.15) is 18.6 Å². The lowest BCUT2D eigenvalue weighted by Gasteiger charge is -2.33. The Hall–Kier alpha value is -3.76. The lowest BCUT2D eigenvalue weighted by atomic mass is 10.1. The monoisotopic (exact) mass is 562 g/mol. The van der Waals surface area contributed by atoms with E-state index in [2.05, 4.69) is 4.98 Å². The van der Waals surface area contributed by atoms with Crippen LogP contribution in [0.4, 0.5) is 15.0 Å². The van der Waals surface area contributed by atoms with E-state index in [4.69, 9.17) is 43.5 Å². The summed E-state index contributed by atoms with van der Waals surface area (Å²) < 4.78 is 25.5. The highest BCUT2D eigenvalue weighted by Gasteiger charge is 2.24. The van der Waals surface area contributed by atoms with Gasteiger partial charge in [-0.2, -0.15) is 0 Å². The van der Waals surface area contributed by atoms with Crippen molar-refractivity contribution >= 4 is 41.0 Å². The number of pyridine rings is 1. The summed E-state index contributed by atoms with van der Waals surface area (Å²) in [5, 5.41) is 9.17. The van der Waals surface area contributed by atoms with Crippen molar-refractivity contribution < 1.29 is 28.6 Å². The molecule has 0 bridgehead atoms. The van der Waals surface area contributed by atoms with E-state index in [1.54, 1.807) is 48.4 Å². The molecule has 200 valence electrons. The Bertz CT molecular complexity index is 1330. The fourth-order valence-corrected chi connectivity index (χ4v) is 4.68.